The van der Waals surface area contributed by atoms with Crippen molar-refractivity contribution in [1.82, 2.24) is 10.1 Å². The van der Waals surface area contributed by atoms with E-state index in [1.54, 1.807) is 0 Å². The molecule has 32 heavy (non-hydrogen) atoms. The number of halogens is 2. The summed E-state index contributed by atoms with van der Waals surface area (Å²) in [7, 11) is 0. The lowest BCUT2D eigenvalue weighted by atomic mass is 9.92. The number of aryl methyl sites for hydroxylation is 1. The van der Waals surface area contributed by atoms with Crippen molar-refractivity contribution >= 4 is 17.8 Å². The molecule has 0 atom stereocenters. The number of piperidine rings is 1. The lowest BCUT2D eigenvalue weighted by molar-refractivity contribution is 0.274. The fourth-order valence-corrected chi connectivity index (χ4v) is 3.73. The first kappa shape index (κ1) is 23.6. The molecule has 0 radical (unpaired) electrons. The van der Waals surface area contributed by atoms with Crippen molar-refractivity contribution in [3.8, 4) is 5.75 Å². The van der Waals surface area contributed by atoms with E-state index in [0.717, 1.165) is 69.6 Å². The SMILES string of the molecule is CCCc1noc(N2CCC(CCCOc3cc(F)c(C(=N)OC(C)=N)c(F)c3)CC2)n1. The minimum absolute atomic E-state index is 0.0669. The van der Waals surface area contributed by atoms with Gasteiger partial charge in [-0.3, -0.25) is 10.8 Å². The molecule has 0 saturated carbocycles. The van der Waals surface area contributed by atoms with Gasteiger partial charge in [0.05, 0.1) is 6.61 Å². The number of ether oxygens (including phenoxy) is 2. The fraction of sp³-hybridized carbons (Fsp3) is 0.545. The number of nitrogens with zero attached hydrogens (tertiary/aromatic N) is 3. The Hall–Kier alpha value is -3.04. The van der Waals surface area contributed by atoms with Crippen LogP contribution in [0.4, 0.5) is 14.8 Å². The van der Waals surface area contributed by atoms with Crippen LogP contribution in [0.3, 0.4) is 0 Å². The molecule has 2 N–H and O–H groups in total. The molecule has 1 aromatic heterocycles. The Kier molecular flexibility index (Phi) is 8.13. The molecular formula is C22H29F2N5O3. The Bertz CT molecular complexity index is 918. The summed E-state index contributed by atoms with van der Waals surface area (Å²) in [5.74, 6) is -1.62. The van der Waals surface area contributed by atoms with Crippen LogP contribution in [0.1, 0.15) is 57.3 Å². The Balaban J connectivity index is 1.41. The number of nitrogens with one attached hydrogen (secondary N) is 2. The largest absolute Gasteiger partial charge is 0.493 e. The van der Waals surface area contributed by atoms with Crippen LogP contribution >= 0.6 is 0 Å². The lowest BCUT2D eigenvalue weighted by Gasteiger charge is -2.30. The van der Waals surface area contributed by atoms with Gasteiger partial charge in [-0.05, 0) is 38.0 Å². The molecule has 10 heteroatoms. The summed E-state index contributed by atoms with van der Waals surface area (Å²) in [6, 6.07) is 2.66. The molecule has 3 rings (SSSR count). The summed E-state index contributed by atoms with van der Waals surface area (Å²) in [5, 5.41) is 18.8. The Labute approximate surface area is 185 Å². The highest BCUT2D eigenvalue weighted by molar-refractivity contribution is 5.99. The van der Waals surface area contributed by atoms with Crippen molar-refractivity contribution < 1.29 is 22.8 Å². The molecule has 0 unspecified atom stereocenters. The quantitative estimate of drug-likeness (QED) is 0.326. The molecule has 1 aromatic carbocycles. The number of benzene rings is 1. The smallest absolute Gasteiger partial charge is 0.324 e. The minimum Gasteiger partial charge on any atom is -0.493 e. The number of anilines is 1. The molecule has 2 heterocycles. The van der Waals surface area contributed by atoms with Crippen LogP contribution in [0.5, 0.6) is 5.75 Å². The highest BCUT2D eigenvalue weighted by Crippen LogP contribution is 2.26. The van der Waals surface area contributed by atoms with Gasteiger partial charge in [0.2, 0.25) is 5.90 Å². The van der Waals surface area contributed by atoms with Crippen molar-refractivity contribution in [3.05, 3.63) is 35.2 Å². The van der Waals surface area contributed by atoms with E-state index in [1.807, 2.05) is 0 Å². The van der Waals surface area contributed by atoms with Gasteiger partial charge in [-0.15, -0.1) is 0 Å². The van der Waals surface area contributed by atoms with Gasteiger partial charge in [-0.2, -0.15) is 4.98 Å². The highest BCUT2D eigenvalue weighted by atomic mass is 19.1. The van der Waals surface area contributed by atoms with E-state index in [9.17, 15) is 8.78 Å². The first-order valence-electron chi connectivity index (χ1n) is 10.9. The molecule has 8 nitrogen and oxygen atoms in total. The molecule has 1 fully saturated rings. The molecule has 0 amide bonds. The maximum Gasteiger partial charge on any atom is 0.324 e. The summed E-state index contributed by atoms with van der Waals surface area (Å²) >= 11 is 0. The fourth-order valence-electron chi connectivity index (χ4n) is 3.73. The molecule has 0 spiro atoms. The zero-order valence-corrected chi connectivity index (χ0v) is 18.4. The normalized spacial score (nSPS) is 14.4. The molecule has 0 aliphatic carbocycles. The third-order valence-corrected chi connectivity index (χ3v) is 5.34. The molecular weight excluding hydrogens is 420 g/mol. The number of hydrogen-bond acceptors (Lipinski definition) is 8. The summed E-state index contributed by atoms with van der Waals surface area (Å²) in [4.78, 5) is 6.56. The maximum absolute atomic E-state index is 14.2. The monoisotopic (exact) mass is 449 g/mol. The van der Waals surface area contributed by atoms with Gasteiger partial charge in [0, 0.05) is 38.6 Å². The van der Waals surface area contributed by atoms with E-state index in [0.29, 0.717) is 18.5 Å². The molecule has 1 aliphatic heterocycles. The summed E-state index contributed by atoms with van der Waals surface area (Å²) in [5.41, 5.74) is -0.612. The van der Waals surface area contributed by atoms with Crippen molar-refractivity contribution in [2.45, 2.75) is 52.4 Å². The van der Waals surface area contributed by atoms with Crippen molar-refractivity contribution in [3.63, 3.8) is 0 Å². The second-order valence-corrected chi connectivity index (χ2v) is 7.91. The standard InChI is InChI=1S/C22H29F2N5O3/c1-3-5-19-27-22(32-28-19)29-9-7-15(8-10-29)6-4-11-30-16-12-17(23)20(18(24)13-16)21(26)31-14(2)25/h12-13,15,25-26H,3-11H2,1-2H3. The van der Waals surface area contributed by atoms with Crippen molar-refractivity contribution in [2.75, 3.05) is 24.6 Å². The van der Waals surface area contributed by atoms with Crippen LogP contribution in [0.2, 0.25) is 0 Å². The highest BCUT2D eigenvalue weighted by Gasteiger charge is 2.23. The molecule has 1 saturated heterocycles. The molecule has 174 valence electrons. The van der Waals surface area contributed by atoms with Crippen LogP contribution in [-0.4, -0.2) is 41.6 Å². The van der Waals surface area contributed by atoms with E-state index in [1.165, 1.54) is 6.92 Å². The predicted molar refractivity (Wildman–Crippen MR) is 116 cm³/mol. The van der Waals surface area contributed by atoms with Crippen LogP contribution in [0, 0.1) is 28.4 Å². The van der Waals surface area contributed by atoms with Gasteiger partial charge < -0.3 is 18.9 Å². The summed E-state index contributed by atoms with van der Waals surface area (Å²) in [6.07, 6.45) is 5.54. The van der Waals surface area contributed by atoms with Gasteiger partial charge >= 0.3 is 6.01 Å². The zero-order valence-electron chi connectivity index (χ0n) is 18.4. The number of aromatic nitrogens is 2. The van der Waals surface area contributed by atoms with Crippen molar-refractivity contribution in [2.24, 2.45) is 5.92 Å². The van der Waals surface area contributed by atoms with E-state index >= 15 is 0 Å². The average Bonchev–Trinajstić information content (AvgIpc) is 3.19. The Morgan fingerprint density at radius 3 is 2.53 bits per heavy atom. The zero-order chi connectivity index (χ0) is 23.1. The second-order valence-electron chi connectivity index (χ2n) is 7.91. The first-order chi connectivity index (χ1) is 15.4. The van der Waals surface area contributed by atoms with Gasteiger partial charge in [-0.1, -0.05) is 12.1 Å². The van der Waals surface area contributed by atoms with Crippen LogP contribution < -0.4 is 9.64 Å². The van der Waals surface area contributed by atoms with E-state index in [2.05, 4.69) is 26.7 Å². The maximum atomic E-state index is 14.2. The number of hydrogen-bond donors (Lipinski definition) is 2. The van der Waals surface area contributed by atoms with Gasteiger partial charge in [0.1, 0.15) is 22.9 Å². The molecule has 2 aromatic rings. The minimum atomic E-state index is -0.957. The second kappa shape index (κ2) is 11.0. The Morgan fingerprint density at radius 2 is 1.91 bits per heavy atom. The van der Waals surface area contributed by atoms with Gasteiger partial charge in [0.15, 0.2) is 11.7 Å². The third-order valence-electron chi connectivity index (χ3n) is 5.34. The van der Waals surface area contributed by atoms with E-state index < -0.39 is 23.1 Å². The van der Waals surface area contributed by atoms with Crippen molar-refractivity contribution in [1.29, 1.82) is 10.8 Å². The summed E-state index contributed by atoms with van der Waals surface area (Å²) < 4.78 is 43.9. The number of rotatable bonds is 9. The van der Waals surface area contributed by atoms with Crippen LogP contribution in [0.15, 0.2) is 16.7 Å². The first-order valence-corrected chi connectivity index (χ1v) is 10.9. The summed E-state index contributed by atoms with van der Waals surface area (Å²) in [6.45, 7) is 5.42. The van der Waals surface area contributed by atoms with Crippen LogP contribution in [0.25, 0.3) is 0 Å². The topological polar surface area (TPSA) is 108 Å². The molecule has 0 bridgehead atoms. The third kappa shape index (κ3) is 6.24. The van der Waals surface area contributed by atoms with Crippen LogP contribution in [-0.2, 0) is 11.2 Å². The average molecular weight is 450 g/mol. The van der Waals surface area contributed by atoms with Gasteiger partial charge in [0.25, 0.3) is 0 Å². The Morgan fingerprint density at radius 1 is 1.22 bits per heavy atom. The van der Waals surface area contributed by atoms with E-state index in [-0.39, 0.29) is 11.6 Å². The lowest BCUT2D eigenvalue weighted by Crippen LogP contribution is -2.34. The van der Waals surface area contributed by atoms with E-state index in [4.69, 9.17) is 20.1 Å². The van der Waals surface area contributed by atoms with Gasteiger partial charge in [-0.25, -0.2) is 8.78 Å². The molecule has 1 aliphatic rings. The predicted octanol–water partition coefficient (Wildman–Crippen LogP) is 4.72.